The average molecular weight is 889 g/mol. The number of piperazine rings is 1. The van der Waals surface area contributed by atoms with E-state index in [9.17, 15) is 4.79 Å². The first-order valence-corrected chi connectivity index (χ1v) is 25.3. The minimum Gasteiger partial charge on any atom is -0.472 e. The summed E-state index contributed by atoms with van der Waals surface area (Å²) >= 11 is 0. The van der Waals surface area contributed by atoms with Crippen LogP contribution in [0.3, 0.4) is 0 Å². The fourth-order valence-corrected chi connectivity index (χ4v) is 17.3. The van der Waals surface area contributed by atoms with Crippen molar-refractivity contribution in [2.24, 2.45) is 0 Å². The highest BCUT2D eigenvalue weighted by atomic mass is 28.3. The van der Waals surface area contributed by atoms with Gasteiger partial charge in [0.25, 0.3) is 0 Å². The van der Waals surface area contributed by atoms with Crippen molar-refractivity contribution in [3.8, 4) is 34.6 Å². The minimum atomic E-state index is -2.30. The summed E-state index contributed by atoms with van der Waals surface area (Å²) < 4.78 is 53.8. The van der Waals surface area contributed by atoms with Gasteiger partial charge in [-0.15, -0.1) is 5.54 Å². The number of carbonyl (C=O) groups is 1. The molecule has 13 heteroatoms. The van der Waals surface area contributed by atoms with Crippen LogP contribution < -0.4 is 14.4 Å². The molecule has 0 N–H and O–H groups in total. The zero-order chi connectivity index (χ0) is 45.8. The van der Waals surface area contributed by atoms with E-state index >= 15 is 8.78 Å². The highest BCUT2D eigenvalue weighted by molar-refractivity contribution is 6.90. The normalized spacial score (nSPS) is 24.4. The molecule has 9 rings (SSSR count). The number of fused-ring (bicyclic) bond motifs is 7. The lowest BCUT2D eigenvalue weighted by atomic mass is 9.89. The van der Waals surface area contributed by atoms with Gasteiger partial charge in [-0.2, -0.15) is 9.97 Å². The summed E-state index contributed by atoms with van der Waals surface area (Å²) in [4.78, 5) is 35.2. The molecule has 5 aliphatic heterocycles. The highest BCUT2D eigenvalue weighted by Crippen LogP contribution is 2.49. The summed E-state index contributed by atoms with van der Waals surface area (Å²) in [6.45, 7) is 31.9. The molecule has 5 aliphatic rings. The molecule has 2 aromatic heterocycles. The van der Waals surface area contributed by atoms with Gasteiger partial charge in [-0.1, -0.05) is 96.0 Å². The summed E-state index contributed by atoms with van der Waals surface area (Å²) in [6, 6.07) is 7.79. The number of rotatable bonds is 7. The Kier molecular flexibility index (Phi) is 10.9. The van der Waals surface area contributed by atoms with Crippen LogP contribution in [0.2, 0.25) is 16.6 Å². The van der Waals surface area contributed by atoms with Gasteiger partial charge in [0.1, 0.15) is 54.6 Å². The number of benzene rings is 2. The molecule has 2 aromatic carbocycles. The van der Waals surface area contributed by atoms with Crippen LogP contribution in [0.1, 0.15) is 100 Å². The van der Waals surface area contributed by atoms with Crippen LogP contribution in [-0.2, 0) is 4.74 Å². The molecule has 1 amide bonds. The minimum absolute atomic E-state index is 0.0131. The number of aromatic nitrogens is 3. The van der Waals surface area contributed by atoms with Crippen LogP contribution >= 0.6 is 0 Å². The van der Waals surface area contributed by atoms with Crippen molar-refractivity contribution in [3.63, 3.8) is 0 Å². The number of halogens is 2. The third-order valence-corrected chi connectivity index (χ3v) is 21.2. The van der Waals surface area contributed by atoms with Crippen LogP contribution in [0, 0.1) is 23.1 Å². The number of hydrogen-bond acceptors (Lipinski definition) is 9. The number of amides is 1. The smallest absolute Gasteiger partial charge is 0.410 e. The van der Waals surface area contributed by atoms with Crippen molar-refractivity contribution in [1.29, 1.82) is 0 Å². The highest BCUT2D eigenvalue weighted by Gasteiger charge is 2.54. The van der Waals surface area contributed by atoms with Crippen molar-refractivity contribution >= 4 is 41.7 Å². The van der Waals surface area contributed by atoms with Gasteiger partial charge in [0.15, 0.2) is 5.82 Å². The predicted molar refractivity (Wildman–Crippen MR) is 252 cm³/mol. The quantitative estimate of drug-likeness (QED) is 0.102. The summed E-state index contributed by atoms with van der Waals surface area (Å²) in [5.74, 6) is 2.78. The zero-order valence-electron chi connectivity index (χ0n) is 39.1. The molecular weight excluding hydrogens is 827 g/mol. The zero-order valence-corrected chi connectivity index (χ0v) is 40.1. The summed E-state index contributed by atoms with van der Waals surface area (Å²) in [5.41, 5.74) is 6.26. The van der Waals surface area contributed by atoms with Gasteiger partial charge in [0, 0.05) is 30.6 Å². The SMILES string of the molecule is C=C1CN2CCC(=C)C2(COc2nc3c4c(nc(-c5cccc6ccc(F)c(C#C[Si](C(C)C)(C(C)C)C(C)C)c56)c(F)c4n2)O[C@@H](C)[C@@H]2[C@@H]4CC[C@H](CN32)N4C(=O)OC(C)(C)C)C1. The number of pyridine rings is 1. The fourth-order valence-electron chi connectivity index (χ4n) is 12.1. The third kappa shape index (κ3) is 6.96. The van der Waals surface area contributed by atoms with Crippen molar-refractivity contribution in [2.75, 3.05) is 31.1 Å². The molecule has 10 nitrogen and oxygen atoms in total. The second-order valence-electron chi connectivity index (χ2n) is 20.8. The summed E-state index contributed by atoms with van der Waals surface area (Å²) in [6.07, 6.45) is 2.15. The molecule has 0 saturated carbocycles. The van der Waals surface area contributed by atoms with Crippen LogP contribution in [0.25, 0.3) is 32.9 Å². The summed E-state index contributed by atoms with van der Waals surface area (Å²) in [5, 5.41) is 1.50. The molecule has 4 fully saturated rings. The topological polar surface area (TPSA) is 93.2 Å². The second-order valence-corrected chi connectivity index (χ2v) is 26.4. The lowest BCUT2D eigenvalue weighted by molar-refractivity contribution is 0.000935. The molecule has 7 heterocycles. The number of carbonyl (C=O) groups excluding carboxylic acids is 1. The van der Waals surface area contributed by atoms with E-state index in [2.05, 4.69) is 76.0 Å². The monoisotopic (exact) mass is 888 g/mol. The Balaban J connectivity index is 1.24. The van der Waals surface area contributed by atoms with Crippen LogP contribution in [0.4, 0.5) is 19.4 Å². The van der Waals surface area contributed by atoms with Gasteiger partial charge in [0.05, 0.1) is 29.2 Å². The molecule has 5 atom stereocenters. The first kappa shape index (κ1) is 44.2. The Morgan fingerprint density at radius 3 is 2.45 bits per heavy atom. The molecule has 0 spiro atoms. The molecule has 0 radical (unpaired) electrons. The van der Waals surface area contributed by atoms with E-state index in [1.54, 1.807) is 12.1 Å². The van der Waals surface area contributed by atoms with E-state index in [4.69, 9.17) is 29.2 Å². The molecular formula is C51H62F2N6O4Si. The van der Waals surface area contributed by atoms with Gasteiger partial charge < -0.3 is 19.1 Å². The Morgan fingerprint density at radius 2 is 1.75 bits per heavy atom. The standard InChI is InChI=1S/C51H62F2N6O4Si/c1-28(2)64(29(3)4,30(5)6)23-21-36-38(52)18-16-34-14-13-15-37(40(34)36)43-42(53)44-41-46(56-48(55-44)61-27-51-24-31(7)25-57(51)22-20-32(51)8)58-26-35-17-19-39(45(58)33(9)62-47(41)54-43)59(35)49(60)63-50(10,11)12/h13-16,18,28-30,33,35,39,45H,7-8,17,19-20,22,24-27H2,1-6,9-12H3/t33-,35+,39-,45+,51?/m0/s1. The van der Waals surface area contributed by atoms with Crippen LogP contribution in [-0.4, -0.2) is 101 Å². The Morgan fingerprint density at radius 1 is 1.02 bits per heavy atom. The Labute approximate surface area is 377 Å². The van der Waals surface area contributed by atoms with Crippen LogP contribution in [0.5, 0.6) is 11.9 Å². The van der Waals surface area contributed by atoms with E-state index in [1.807, 2.05) is 44.7 Å². The number of anilines is 1. The van der Waals surface area contributed by atoms with Gasteiger partial charge in [0.2, 0.25) is 5.88 Å². The third-order valence-electron chi connectivity index (χ3n) is 14.9. The van der Waals surface area contributed by atoms with E-state index in [0.717, 1.165) is 43.5 Å². The molecule has 64 heavy (non-hydrogen) atoms. The van der Waals surface area contributed by atoms with E-state index in [0.29, 0.717) is 57.1 Å². The lowest BCUT2D eigenvalue weighted by Crippen LogP contribution is -2.65. The van der Waals surface area contributed by atoms with Gasteiger partial charge in [-0.05, 0) is 81.5 Å². The molecule has 338 valence electrons. The number of nitrogens with zero attached hydrogens (tertiary/aromatic N) is 6. The van der Waals surface area contributed by atoms with Crippen molar-refractivity contribution in [1.82, 2.24) is 24.8 Å². The van der Waals surface area contributed by atoms with Crippen molar-refractivity contribution in [3.05, 3.63) is 71.8 Å². The summed E-state index contributed by atoms with van der Waals surface area (Å²) in [7, 11) is -2.30. The molecule has 4 saturated heterocycles. The fraction of sp³-hybridized carbons (Fsp3) is 0.529. The number of ether oxygens (including phenoxy) is 3. The maximum atomic E-state index is 18.0. The first-order valence-electron chi connectivity index (χ1n) is 23.1. The van der Waals surface area contributed by atoms with Crippen molar-refractivity contribution < 1.29 is 27.8 Å². The van der Waals surface area contributed by atoms with E-state index in [-0.39, 0.29) is 59.5 Å². The van der Waals surface area contributed by atoms with Crippen LogP contribution in [0.15, 0.2) is 54.6 Å². The van der Waals surface area contributed by atoms with Crippen molar-refractivity contribution in [2.45, 2.75) is 147 Å². The van der Waals surface area contributed by atoms with Gasteiger partial charge in [-0.25, -0.2) is 18.6 Å². The lowest BCUT2D eigenvalue weighted by Gasteiger charge is -2.48. The maximum Gasteiger partial charge on any atom is 0.410 e. The maximum absolute atomic E-state index is 18.0. The molecule has 2 bridgehead atoms. The van der Waals surface area contributed by atoms with Gasteiger partial charge >= 0.3 is 12.1 Å². The van der Waals surface area contributed by atoms with Gasteiger partial charge in [-0.3, -0.25) is 9.80 Å². The molecule has 4 aromatic rings. The molecule has 0 aliphatic carbocycles. The average Bonchev–Trinajstić information content (AvgIpc) is 3.80. The Bertz CT molecular complexity index is 2650. The molecule has 1 unspecified atom stereocenters. The Hall–Kier alpha value is -5.06. The largest absolute Gasteiger partial charge is 0.472 e. The second kappa shape index (κ2) is 15.8. The first-order chi connectivity index (χ1) is 30.3. The predicted octanol–water partition coefficient (Wildman–Crippen LogP) is 10.8. The van der Waals surface area contributed by atoms with E-state index < -0.39 is 37.0 Å². The number of hydrogen-bond donors (Lipinski definition) is 0. The van der Waals surface area contributed by atoms with E-state index in [1.165, 1.54) is 6.07 Å².